The van der Waals surface area contributed by atoms with E-state index >= 15 is 0 Å². The fourth-order valence-electron chi connectivity index (χ4n) is 6.87. The van der Waals surface area contributed by atoms with Crippen molar-refractivity contribution < 1.29 is 0 Å². The summed E-state index contributed by atoms with van der Waals surface area (Å²) in [6.45, 7) is 38.9. The van der Waals surface area contributed by atoms with Crippen LogP contribution >= 0.6 is 0 Å². The Hall–Kier alpha value is -2.34. The molecular weight excluding hydrogens is 601 g/mol. The zero-order valence-electron chi connectivity index (χ0n) is 35.6. The monoisotopic (exact) mass is 685 g/mol. The topological polar surface area (TPSA) is 0 Å². The normalized spacial score (nSPS) is 15.0. The molecule has 0 saturated heterocycles. The van der Waals surface area contributed by atoms with Gasteiger partial charge in [0.2, 0.25) is 0 Å². The van der Waals surface area contributed by atoms with Gasteiger partial charge >= 0.3 is 0 Å². The van der Waals surface area contributed by atoms with E-state index in [2.05, 4.69) is 197 Å². The smallest absolute Gasteiger partial charge is 0.0185 e. The van der Waals surface area contributed by atoms with Crippen LogP contribution in [0, 0.1) is 41.4 Å². The molecule has 0 spiro atoms. The molecule has 0 aliphatic heterocycles. The Kier molecular flexibility index (Phi) is 20.3. The first-order valence-electron chi connectivity index (χ1n) is 19.5. The highest BCUT2D eigenvalue weighted by Gasteiger charge is 2.26. The Balaban J connectivity index is 0.000000647. The third-order valence-electron chi connectivity index (χ3n) is 9.02. The van der Waals surface area contributed by atoms with Crippen LogP contribution in [0.1, 0.15) is 195 Å². The van der Waals surface area contributed by atoms with Crippen molar-refractivity contribution in [3.05, 3.63) is 107 Å². The highest BCUT2D eigenvalue weighted by atomic mass is 14.3. The third kappa shape index (κ3) is 24.7. The fraction of sp³-hybridized carbons (Fsp3) is 0.640. The Labute approximate surface area is 314 Å². The van der Waals surface area contributed by atoms with E-state index in [0.717, 1.165) is 5.92 Å². The predicted octanol–water partition coefficient (Wildman–Crippen LogP) is 16.8. The van der Waals surface area contributed by atoms with Crippen LogP contribution < -0.4 is 0 Å². The molecule has 0 aromatic heterocycles. The minimum Gasteiger partial charge on any atom is -0.0776 e. The zero-order chi connectivity index (χ0) is 37.6. The van der Waals surface area contributed by atoms with Gasteiger partial charge in [0.1, 0.15) is 0 Å². The number of hydrogen-bond acceptors (Lipinski definition) is 0. The van der Waals surface area contributed by atoms with E-state index in [4.69, 9.17) is 0 Å². The first-order chi connectivity index (χ1) is 22.3. The number of rotatable bonds is 7. The summed E-state index contributed by atoms with van der Waals surface area (Å²) in [5.74, 6) is 3.09. The van der Waals surface area contributed by atoms with E-state index < -0.39 is 0 Å². The maximum absolute atomic E-state index is 2.32. The van der Waals surface area contributed by atoms with Crippen LogP contribution in [0.3, 0.4) is 0 Å². The predicted molar refractivity (Wildman–Crippen MR) is 230 cm³/mol. The molecule has 1 aliphatic rings. The molecule has 0 nitrogen and oxygen atoms in total. The van der Waals surface area contributed by atoms with E-state index in [9.17, 15) is 0 Å². The summed E-state index contributed by atoms with van der Waals surface area (Å²) in [6.07, 6.45) is 8.17. The van der Waals surface area contributed by atoms with Gasteiger partial charge in [0, 0.05) is 0 Å². The van der Waals surface area contributed by atoms with Crippen LogP contribution in [0.4, 0.5) is 0 Å². The quantitative estimate of drug-likeness (QED) is 0.232. The minimum absolute atomic E-state index is 0. The van der Waals surface area contributed by atoms with Gasteiger partial charge < -0.3 is 0 Å². The van der Waals surface area contributed by atoms with E-state index in [0.29, 0.717) is 39.4 Å². The van der Waals surface area contributed by atoms with Crippen molar-refractivity contribution in [3.8, 4) is 0 Å². The molecule has 0 heterocycles. The highest BCUT2D eigenvalue weighted by molar-refractivity contribution is 5.25. The van der Waals surface area contributed by atoms with Crippen molar-refractivity contribution in [2.24, 2.45) is 27.6 Å². The molecule has 0 amide bonds. The minimum atomic E-state index is 0. The van der Waals surface area contributed by atoms with E-state index in [1.54, 1.807) is 0 Å². The van der Waals surface area contributed by atoms with Crippen LogP contribution in [0.2, 0.25) is 0 Å². The van der Waals surface area contributed by atoms with Crippen LogP contribution in [-0.2, 0) is 0 Å². The van der Waals surface area contributed by atoms with Gasteiger partial charge in [-0.05, 0) is 102 Å². The van der Waals surface area contributed by atoms with Gasteiger partial charge in [-0.2, -0.15) is 0 Å². The number of hydrogen-bond donors (Lipinski definition) is 0. The first-order valence-corrected chi connectivity index (χ1v) is 19.5. The molecule has 1 aliphatic carbocycles. The summed E-state index contributed by atoms with van der Waals surface area (Å²) >= 11 is 0. The summed E-state index contributed by atoms with van der Waals surface area (Å²) in [6, 6.07) is 28.6. The number of aryl methyl sites for hydroxylation is 2. The summed E-state index contributed by atoms with van der Waals surface area (Å²) < 4.78 is 0. The number of benzene rings is 3. The Morgan fingerprint density at radius 1 is 0.440 bits per heavy atom. The molecule has 0 bridgehead atoms. The van der Waals surface area contributed by atoms with E-state index in [1.165, 1.54) is 66.3 Å². The van der Waals surface area contributed by atoms with Gasteiger partial charge in [-0.25, -0.2) is 0 Å². The van der Waals surface area contributed by atoms with Crippen LogP contribution in [-0.4, -0.2) is 0 Å². The average molecular weight is 685 g/mol. The summed E-state index contributed by atoms with van der Waals surface area (Å²) in [4.78, 5) is 0. The lowest BCUT2D eigenvalue weighted by Crippen LogP contribution is -2.09. The second-order valence-electron chi connectivity index (χ2n) is 20.4. The molecule has 0 unspecified atom stereocenters. The van der Waals surface area contributed by atoms with Crippen molar-refractivity contribution in [2.45, 2.75) is 181 Å². The summed E-state index contributed by atoms with van der Waals surface area (Å²) in [5.41, 5.74) is 8.92. The van der Waals surface area contributed by atoms with Crippen molar-refractivity contribution in [1.29, 1.82) is 0 Å². The van der Waals surface area contributed by atoms with Crippen LogP contribution in [0.15, 0.2) is 78.9 Å². The molecule has 3 atom stereocenters. The SMILES string of the molecule is C.CC(C)(C)CC1CC1.C[C@H](CC(C)(C)C)c1ccccc1.Cc1ccc([C@H](C)CC(C)(C)C)cc1.Cc1ccc([C@H](C)CC(C)(C)C)cc1. The summed E-state index contributed by atoms with van der Waals surface area (Å²) in [7, 11) is 0. The molecule has 1 saturated carbocycles. The Bertz CT molecular complexity index is 1200. The molecule has 1 fully saturated rings. The lowest BCUT2D eigenvalue weighted by Gasteiger charge is -2.23. The van der Waals surface area contributed by atoms with Crippen LogP contribution in [0.5, 0.6) is 0 Å². The third-order valence-corrected chi connectivity index (χ3v) is 9.02. The largest absolute Gasteiger partial charge is 0.0776 e. The van der Waals surface area contributed by atoms with Crippen molar-refractivity contribution in [1.82, 2.24) is 0 Å². The molecule has 0 radical (unpaired) electrons. The first kappa shape index (κ1) is 47.7. The van der Waals surface area contributed by atoms with Gasteiger partial charge in [-0.3, -0.25) is 0 Å². The van der Waals surface area contributed by atoms with Crippen molar-refractivity contribution in [3.63, 3.8) is 0 Å². The molecule has 50 heavy (non-hydrogen) atoms. The Morgan fingerprint density at radius 2 is 0.720 bits per heavy atom. The molecule has 3 aromatic rings. The fourth-order valence-corrected chi connectivity index (χ4v) is 6.87. The maximum Gasteiger partial charge on any atom is -0.0185 e. The Morgan fingerprint density at radius 3 is 0.940 bits per heavy atom. The lowest BCUT2D eigenvalue weighted by atomic mass is 9.82. The second-order valence-corrected chi connectivity index (χ2v) is 20.4. The van der Waals surface area contributed by atoms with Crippen LogP contribution in [0.25, 0.3) is 0 Å². The molecule has 3 aromatic carbocycles. The second kappa shape index (κ2) is 21.2. The average Bonchev–Trinajstić information content (AvgIpc) is 3.75. The van der Waals surface area contributed by atoms with E-state index in [1.807, 2.05) is 0 Å². The maximum atomic E-state index is 2.32. The molecule has 284 valence electrons. The molecular formula is C50H84. The molecule has 0 heteroatoms. The highest BCUT2D eigenvalue weighted by Crippen LogP contribution is 2.39. The molecule has 4 rings (SSSR count). The van der Waals surface area contributed by atoms with Gasteiger partial charge in [0.25, 0.3) is 0 Å². The van der Waals surface area contributed by atoms with Gasteiger partial charge in [0.05, 0.1) is 0 Å². The van der Waals surface area contributed by atoms with Crippen molar-refractivity contribution >= 4 is 0 Å². The van der Waals surface area contributed by atoms with Crippen molar-refractivity contribution in [2.75, 3.05) is 0 Å². The van der Waals surface area contributed by atoms with Gasteiger partial charge in [-0.15, -0.1) is 0 Å². The van der Waals surface area contributed by atoms with Gasteiger partial charge in [0.15, 0.2) is 0 Å². The summed E-state index contributed by atoms with van der Waals surface area (Å²) in [5, 5.41) is 0. The lowest BCUT2D eigenvalue weighted by molar-refractivity contribution is 0.348. The standard InChI is InChI=1S/2C14H22.C13H20.C8H16.CH4/c2*1-11-6-8-13(9-7-11)12(2)10-14(3,4)5;1-11(10-13(2,3)4)12-8-6-5-7-9-12;1-8(2,3)6-7-4-5-7;/h2*6-9,12H,10H2,1-5H3;5-9,11H,10H2,1-4H3;7H,4-6H2,1-3H3;1H4/t2*12-;11-;;/m111../s1. The van der Waals surface area contributed by atoms with E-state index in [-0.39, 0.29) is 7.43 Å². The zero-order valence-corrected chi connectivity index (χ0v) is 35.6. The van der Waals surface area contributed by atoms with Gasteiger partial charge in [-0.1, -0.05) is 214 Å². The molecule has 0 N–H and O–H groups in total.